The molecule has 7 heteroatoms. The minimum atomic E-state index is -0.373. The fourth-order valence-electron chi connectivity index (χ4n) is 4.71. The van der Waals surface area contributed by atoms with Crippen LogP contribution in [-0.4, -0.2) is 47.2 Å². The Labute approximate surface area is 164 Å². The summed E-state index contributed by atoms with van der Waals surface area (Å²) in [4.78, 5) is 26.5. The van der Waals surface area contributed by atoms with E-state index in [0.717, 1.165) is 44.5 Å². The van der Waals surface area contributed by atoms with Gasteiger partial charge in [-0.2, -0.15) is 0 Å². The van der Waals surface area contributed by atoms with Crippen molar-refractivity contribution in [3.05, 3.63) is 28.7 Å². The Kier molecular flexibility index (Phi) is 4.83. The number of anilines is 1. The van der Waals surface area contributed by atoms with E-state index in [0.29, 0.717) is 24.4 Å². The second-order valence-electron chi connectivity index (χ2n) is 8.84. The van der Waals surface area contributed by atoms with Gasteiger partial charge in [-0.3, -0.25) is 14.3 Å². The Bertz CT molecular complexity index is 935. The number of carbonyl (C=O) groups is 1. The van der Waals surface area contributed by atoms with Crippen LogP contribution in [0.1, 0.15) is 40.0 Å². The number of likely N-dealkylation sites (tertiary alicyclic amines) is 1. The van der Waals surface area contributed by atoms with E-state index in [1.54, 1.807) is 10.6 Å². The van der Waals surface area contributed by atoms with Crippen molar-refractivity contribution in [2.75, 3.05) is 31.6 Å². The Morgan fingerprint density at radius 1 is 1.25 bits per heavy atom. The number of ether oxygens (including phenoxy) is 1. The van der Waals surface area contributed by atoms with Crippen molar-refractivity contribution in [2.24, 2.45) is 5.41 Å². The molecular formula is C21H29N3O4. The minimum Gasteiger partial charge on any atom is -0.408 e. The molecule has 2 saturated heterocycles. The third-order valence-electron chi connectivity index (χ3n) is 6.12. The summed E-state index contributed by atoms with van der Waals surface area (Å²) < 4.78 is 12.8. The molecule has 0 unspecified atom stereocenters. The highest BCUT2D eigenvalue weighted by atomic mass is 16.5. The van der Waals surface area contributed by atoms with Crippen LogP contribution in [0.2, 0.25) is 0 Å². The molecule has 152 valence electrons. The molecule has 0 saturated carbocycles. The summed E-state index contributed by atoms with van der Waals surface area (Å²) in [6, 6.07) is 5.33. The fourth-order valence-corrected chi connectivity index (χ4v) is 4.71. The Hall–Kier alpha value is -2.12. The van der Waals surface area contributed by atoms with Crippen LogP contribution in [-0.2, 0) is 16.1 Å². The predicted octanol–water partition coefficient (Wildman–Crippen LogP) is 2.83. The first-order chi connectivity index (χ1) is 13.3. The molecule has 1 amide bonds. The summed E-state index contributed by atoms with van der Waals surface area (Å²) in [6.07, 6.45) is 3.25. The van der Waals surface area contributed by atoms with Gasteiger partial charge >= 0.3 is 5.76 Å². The number of piperidine rings is 1. The first-order valence-electron chi connectivity index (χ1n) is 10.1. The van der Waals surface area contributed by atoms with Gasteiger partial charge in [0.15, 0.2) is 5.58 Å². The second kappa shape index (κ2) is 7.04. The van der Waals surface area contributed by atoms with Crippen molar-refractivity contribution in [3.8, 4) is 0 Å². The summed E-state index contributed by atoms with van der Waals surface area (Å²) in [5.41, 5.74) is 2.14. The number of benzene rings is 1. The lowest BCUT2D eigenvalue weighted by Crippen LogP contribution is -2.44. The molecule has 2 aliphatic rings. The molecule has 1 N–H and O–H groups in total. The van der Waals surface area contributed by atoms with Gasteiger partial charge in [-0.05, 0) is 70.7 Å². The van der Waals surface area contributed by atoms with E-state index in [1.165, 1.54) is 0 Å². The molecule has 0 atom stereocenters. The maximum absolute atomic E-state index is 12.5. The summed E-state index contributed by atoms with van der Waals surface area (Å²) in [5, 5.41) is 2.93. The quantitative estimate of drug-likeness (QED) is 0.873. The number of nitrogens with one attached hydrogen (secondary N) is 1. The highest BCUT2D eigenvalue weighted by molar-refractivity contribution is 5.94. The Morgan fingerprint density at radius 3 is 2.64 bits per heavy atom. The monoisotopic (exact) mass is 387 g/mol. The number of oxazole rings is 1. The number of hydrogen-bond acceptors (Lipinski definition) is 5. The third kappa shape index (κ3) is 3.73. The summed E-state index contributed by atoms with van der Waals surface area (Å²) in [6.45, 7) is 9.81. The first-order valence-corrected chi connectivity index (χ1v) is 10.1. The molecule has 28 heavy (non-hydrogen) atoms. The van der Waals surface area contributed by atoms with Gasteiger partial charge in [-0.25, -0.2) is 4.79 Å². The lowest BCUT2D eigenvalue weighted by atomic mass is 9.74. The molecule has 0 radical (unpaired) electrons. The zero-order chi connectivity index (χ0) is 19.9. The van der Waals surface area contributed by atoms with E-state index in [9.17, 15) is 9.59 Å². The zero-order valence-corrected chi connectivity index (χ0v) is 16.9. The van der Waals surface area contributed by atoms with Crippen LogP contribution >= 0.6 is 0 Å². The lowest BCUT2D eigenvalue weighted by molar-refractivity contribution is -0.117. The smallest absolute Gasteiger partial charge is 0.408 e. The lowest BCUT2D eigenvalue weighted by Gasteiger charge is -2.38. The number of carbonyl (C=O) groups excluding carboxylic acids is 1. The number of hydrogen-bond donors (Lipinski definition) is 1. The van der Waals surface area contributed by atoms with Crippen LogP contribution in [0.25, 0.3) is 11.1 Å². The van der Waals surface area contributed by atoms with Crippen molar-refractivity contribution in [3.63, 3.8) is 0 Å². The molecule has 1 spiro atoms. The van der Waals surface area contributed by atoms with E-state index >= 15 is 0 Å². The van der Waals surface area contributed by atoms with Gasteiger partial charge in [-0.1, -0.05) is 0 Å². The molecule has 0 bridgehead atoms. The standard InChI is InChI=1S/C21H29N3O4/c1-4-24-16-6-5-15(11-17(16)28-19(24)26)22-18(25)12-23-9-7-21(8-10-23)13-20(2,3)27-14-21/h5-6,11H,4,7-10,12-14H2,1-3H3,(H,22,25). The topological polar surface area (TPSA) is 76.7 Å². The molecule has 0 aliphatic carbocycles. The van der Waals surface area contributed by atoms with Gasteiger partial charge in [0.2, 0.25) is 5.91 Å². The van der Waals surface area contributed by atoms with Crippen LogP contribution in [0.4, 0.5) is 5.69 Å². The van der Waals surface area contributed by atoms with Gasteiger partial charge < -0.3 is 14.5 Å². The molecule has 2 fully saturated rings. The van der Waals surface area contributed by atoms with Gasteiger partial charge in [0.25, 0.3) is 0 Å². The van der Waals surface area contributed by atoms with Crippen molar-refractivity contribution < 1.29 is 13.9 Å². The van der Waals surface area contributed by atoms with Crippen LogP contribution in [0.15, 0.2) is 27.4 Å². The zero-order valence-electron chi connectivity index (χ0n) is 16.9. The van der Waals surface area contributed by atoms with Crippen LogP contribution in [0.3, 0.4) is 0 Å². The molecule has 4 rings (SSSR count). The Balaban J connectivity index is 1.34. The highest BCUT2D eigenvalue weighted by Gasteiger charge is 2.45. The average molecular weight is 387 g/mol. The van der Waals surface area contributed by atoms with Crippen molar-refractivity contribution in [2.45, 2.75) is 52.2 Å². The number of aryl methyl sites for hydroxylation is 1. The van der Waals surface area contributed by atoms with Gasteiger partial charge in [0.1, 0.15) is 0 Å². The molecule has 1 aromatic heterocycles. The molecule has 2 aliphatic heterocycles. The van der Waals surface area contributed by atoms with Crippen molar-refractivity contribution in [1.29, 1.82) is 0 Å². The van der Waals surface area contributed by atoms with E-state index in [-0.39, 0.29) is 22.7 Å². The number of rotatable bonds is 4. The number of nitrogens with zero attached hydrogens (tertiary/aromatic N) is 2. The van der Waals surface area contributed by atoms with Crippen LogP contribution in [0.5, 0.6) is 0 Å². The normalized spacial score (nSPS) is 21.4. The molecule has 1 aromatic carbocycles. The van der Waals surface area contributed by atoms with Crippen LogP contribution < -0.4 is 11.1 Å². The first kappa shape index (κ1) is 19.2. The van der Waals surface area contributed by atoms with Crippen LogP contribution in [0, 0.1) is 5.41 Å². The van der Waals surface area contributed by atoms with E-state index in [2.05, 4.69) is 24.1 Å². The van der Waals surface area contributed by atoms with E-state index in [1.807, 2.05) is 19.1 Å². The SMILES string of the molecule is CCn1c(=O)oc2cc(NC(=O)CN3CCC4(CC3)COC(C)(C)C4)ccc21. The second-order valence-corrected chi connectivity index (χ2v) is 8.84. The molecule has 2 aromatic rings. The maximum Gasteiger partial charge on any atom is 0.419 e. The fraction of sp³-hybridized carbons (Fsp3) is 0.619. The number of aromatic nitrogens is 1. The summed E-state index contributed by atoms with van der Waals surface area (Å²) >= 11 is 0. The molecule has 3 heterocycles. The number of amides is 1. The average Bonchev–Trinajstić information content (AvgIpc) is 3.11. The predicted molar refractivity (Wildman–Crippen MR) is 108 cm³/mol. The van der Waals surface area contributed by atoms with Crippen molar-refractivity contribution >= 4 is 22.7 Å². The largest absolute Gasteiger partial charge is 0.419 e. The van der Waals surface area contributed by atoms with E-state index in [4.69, 9.17) is 9.15 Å². The van der Waals surface area contributed by atoms with E-state index < -0.39 is 0 Å². The van der Waals surface area contributed by atoms with Gasteiger partial charge in [0.05, 0.1) is 24.3 Å². The van der Waals surface area contributed by atoms with Gasteiger partial charge in [0, 0.05) is 18.3 Å². The highest BCUT2D eigenvalue weighted by Crippen LogP contribution is 2.46. The maximum atomic E-state index is 12.5. The third-order valence-corrected chi connectivity index (χ3v) is 6.12. The molecule has 7 nitrogen and oxygen atoms in total. The summed E-state index contributed by atoms with van der Waals surface area (Å²) in [5.74, 6) is -0.419. The summed E-state index contributed by atoms with van der Waals surface area (Å²) in [7, 11) is 0. The Morgan fingerprint density at radius 2 is 2.00 bits per heavy atom. The minimum absolute atomic E-state index is 0.0239. The molecular weight excluding hydrogens is 358 g/mol. The van der Waals surface area contributed by atoms with Gasteiger partial charge in [-0.15, -0.1) is 0 Å². The number of fused-ring (bicyclic) bond motifs is 1. The van der Waals surface area contributed by atoms with Crippen molar-refractivity contribution in [1.82, 2.24) is 9.47 Å².